The Morgan fingerprint density at radius 3 is 2.34 bits per heavy atom. The van der Waals surface area contributed by atoms with E-state index >= 15 is 0 Å². The summed E-state index contributed by atoms with van der Waals surface area (Å²) in [5.41, 5.74) is 1.15. The molecule has 2 N–H and O–H groups in total. The molecule has 35 heavy (non-hydrogen) atoms. The number of amides is 1. The fourth-order valence-corrected chi connectivity index (χ4v) is 5.63. The summed E-state index contributed by atoms with van der Waals surface area (Å²) < 4.78 is 53.6. The Hall–Kier alpha value is -3.22. The van der Waals surface area contributed by atoms with Gasteiger partial charge in [0.15, 0.2) is 0 Å². The van der Waals surface area contributed by atoms with Crippen molar-refractivity contribution in [3.05, 3.63) is 71.5 Å². The molecule has 0 saturated carbocycles. The Morgan fingerprint density at radius 2 is 1.77 bits per heavy atom. The van der Waals surface area contributed by atoms with Crippen molar-refractivity contribution >= 4 is 54.9 Å². The summed E-state index contributed by atoms with van der Waals surface area (Å²) in [6.45, 7) is 3.39. The Balaban J connectivity index is 1.80. The van der Waals surface area contributed by atoms with Crippen molar-refractivity contribution in [1.29, 1.82) is 0 Å². The number of benzene rings is 2. The molecular formula is C22H24ClN5O5S2. The summed E-state index contributed by atoms with van der Waals surface area (Å²) in [6.07, 6.45) is 2.62. The van der Waals surface area contributed by atoms with Gasteiger partial charge < -0.3 is 5.32 Å². The van der Waals surface area contributed by atoms with Crippen LogP contribution in [0.3, 0.4) is 0 Å². The minimum atomic E-state index is -3.96. The SMILES string of the molecule is CC[C@H](C(=O)Nc1ccc(S(=O)(=O)Nc2nccc(C)n2)cc1)N(c1cccc(Cl)c1)S(C)(=O)=O. The summed E-state index contributed by atoms with van der Waals surface area (Å²) in [7, 11) is -7.78. The highest BCUT2D eigenvalue weighted by molar-refractivity contribution is 7.92. The van der Waals surface area contributed by atoms with E-state index < -0.39 is 32.0 Å². The quantitative estimate of drug-likeness (QED) is 0.426. The molecule has 0 aliphatic rings. The molecule has 13 heteroatoms. The minimum Gasteiger partial charge on any atom is -0.324 e. The molecule has 0 saturated heterocycles. The fraction of sp³-hybridized carbons (Fsp3) is 0.227. The zero-order valence-electron chi connectivity index (χ0n) is 19.1. The van der Waals surface area contributed by atoms with E-state index in [0.29, 0.717) is 16.4 Å². The highest BCUT2D eigenvalue weighted by Crippen LogP contribution is 2.26. The first-order chi connectivity index (χ1) is 16.4. The fourth-order valence-electron chi connectivity index (χ4n) is 3.29. The number of aryl methyl sites for hydroxylation is 1. The molecular weight excluding hydrogens is 514 g/mol. The van der Waals surface area contributed by atoms with Crippen molar-refractivity contribution in [1.82, 2.24) is 9.97 Å². The van der Waals surface area contributed by atoms with Gasteiger partial charge in [-0.25, -0.2) is 31.5 Å². The van der Waals surface area contributed by atoms with E-state index in [-0.39, 0.29) is 23.0 Å². The van der Waals surface area contributed by atoms with E-state index in [1.165, 1.54) is 36.5 Å². The lowest BCUT2D eigenvalue weighted by atomic mass is 10.2. The van der Waals surface area contributed by atoms with Gasteiger partial charge in [0.05, 0.1) is 16.8 Å². The zero-order valence-corrected chi connectivity index (χ0v) is 21.5. The maximum absolute atomic E-state index is 13.0. The van der Waals surface area contributed by atoms with E-state index in [9.17, 15) is 21.6 Å². The molecule has 186 valence electrons. The third kappa shape index (κ3) is 6.68. The molecule has 0 bridgehead atoms. The van der Waals surface area contributed by atoms with Gasteiger partial charge >= 0.3 is 0 Å². The standard InChI is InChI=1S/C22H24ClN5O5S2/c1-4-20(28(34(3,30)31)18-7-5-6-16(23)14-18)21(29)26-17-8-10-19(11-9-17)35(32,33)27-22-24-13-12-15(2)25-22/h5-14,20H,4H2,1-3H3,(H,26,29)(H,24,25,27)/t20-/m1/s1. The highest BCUT2D eigenvalue weighted by Gasteiger charge is 2.31. The Morgan fingerprint density at radius 1 is 1.09 bits per heavy atom. The van der Waals surface area contributed by atoms with Crippen LogP contribution in [-0.2, 0) is 24.8 Å². The van der Waals surface area contributed by atoms with E-state index in [2.05, 4.69) is 20.0 Å². The van der Waals surface area contributed by atoms with E-state index in [4.69, 9.17) is 11.6 Å². The average Bonchev–Trinajstić information content (AvgIpc) is 2.76. The second kappa shape index (κ2) is 10.6. The van der Waals surface area contributed by atoms with Crippen LogP contribution >= 0.6 is 11.6 Å². The van der Waals surface area contributed by atoms with Crippen molar-refractivity contribution in [3.8, 4) is 0 Å². The third-order valence-corrected chi connectivity index (χ3v) is 7.60. The second-order valence-electron chi connectivity index (χ2n) is 7.60. The number of sulfonamides is 2. The molecule has 1 atom stereocenters. The Labute approximate surface area is 209 Å². The molecule has 0 aliphatic carbocycles. The number of nitrogens with zero attached hydrogens (tertiary/aromatic N) is 3. The summed E-state index contributed by atoms with van der Waals surface area (Å²) in [6, 6.07) is 12.2. The first-order valence-electron chi connectivity index (χ1n) is 10.4. The Kier molecular flexibility index (Phi) is 7.98. The number of nitrogens with one attached hydrogen (secondary N) is 2. The van der Waals surface area contributed by atoms with Gasteiger partial charge in [-0.3, -0.25) is 9.10 Å². The molecule has 2 aromatic carbocycles. The van der Waals surface area contributed by atoms with Gasteiger partial charge in [0.25, 0.3) is 10.0 Å². The third-order valence-electron chi connectivity index (χ3n) is 4.85. The summed E-state index contributed by atoms with van der Waals surface area (Å²) >= 11 is 6.02. The number of rotatable bonds is 9. The smallest absolute Gasteiger partial charge is 0.264 e. The van der Waals surface area contributed by atoms with Crippen molar-refractivity contribution in [3.63, 3.8) is 0 Å². The van der Waals surface area contributed by atoms with Gasteiger partial charge in [-0.05, 0) is 61.9 Å². The van der Waals surface area contributed by atoms with E-state index in [0.717, 1.165) is 10.6 Å². The Bertz CT molecular complexity index is 1430. The number of hydrogen-bond acceptors (Lipinski definition) is 7. The largest absolute Gasteiger partial charge is 0.324 e. The summed E-state index contributed by atoms with van der Waals surface area (Å²) in [5.74, 6) is -0.644. The van der Waals surface area contributed by atoms with Crippen LogP contribution in [-0.4, -0.2) is 45.0 Å². The van der Waals surface area contributed by atoms with Crippen LogP contribution in [0.15, 0.2) is 65.7 Å². The number of aromatic nitrogens is 2. The molecule has 3 aromatic rings. The molecule has 0 spiro atoms. The molecule has 1 amide bonds. The maximum Gasteiger partial charge on any atom is 0.264 e. The number of hydrogen-bond donors (Lipinski definition) is 2. The maximum atomic E-state index is 13.0. The summed E-state index contributed by atoms with van der Waals surface area (Å²) in [5, 5.41) is 2.97. The molecule has 1 heterocycles. The van der Waals surface area contributed by atoms with Gasteiger partial charge in [0.1, 0.15) is 6.04 Å². The molecule has 0 unspecified atom stereocenters. The topological polar surface area (TPSA) is 138 Å². The lowest BCUT2D eigenvalue weighted by molar-refractivity contribution is -0.117. The van der Waals surface area contributed by atoms with Crippen LogP contribution < -0.4 is 14.3 Å². The van der Waals surface area contributed by atoms with E-state index in [1.807, 2.05) is 0 Å². The van der Waals surface area contributed by atoms with Crippen LogP contribution in [0, 0.1) is 6.92 Å². The van der Waals surface area contributed by atoms with Crippen LogP contribution in [0.1, 0.15) is 19.0 Å². The minimum absolute atomic E-state index is 0.0601. The van der Waals surface area contributed by atoms with Crippen LogP contribution in [0.5, 0.6) is 0 Å². The number of anilines is 3. The average molecular weight is 538 g/mol. The van der Waals surface area contributed by atoms with Gasteiger partial charge in [-0.15, -0.1) is 0 Å². The highest BCUT2D eigenvalue weighted by atomic mass is 35.5. The monoisotopic (exact) mass is 537 g/mol. The molecule has 1 aromatic heterocycles. The predicted molar refractivity (Wildman–Crippen MR) is 136 cm³/mol. The molecule has 0 radical (unpaired) electrons. The van der Waals surface area contributed by atoms with Gasteiger partial charge in [0, 0.05) is 22.6 Å². The number of carbonyl (C=O) groups excluding carboxylic acids is 1. The number of carbonyl (C=O) groups is 1. The number of halogens is 1. The first kappa shape index (κ1) is 26.4. The summed E-state index contributed by atoms with van der Waals surface area (Å²) in [4.78, 5) is 20.9. The van der Waals surface area contributed by atoms with Crippen molar-refractivity contribution in [2.45, 2.75) is 31.2 Å². The predicted octanol–water partition coefficient (Wildman–Crippen LogP) is 3.42. The van der Waals surface area contributed by atoms with Crippen molar-refractivity contribution < 1.29 is 21.6 Å². The van der Waals surface area contributed by atoms with Crippen LogP contribution in [0.25, 0.3) is 0 Å². The second-order valence-corrected chi connectivity index (χ2v) is 11.6. The normalized spacial score (nSPS) is 12.6. The lowest BCUT2D eigenvalue weighted by Crippen LogP contribution is -2.47. The van der Waals surface area contributed by atoms with Crippen molar-refractivity contribution in [2.24, 2.45) is 0 Å². The zero-order chi connectivity index (χ0) is 25.8. The van der Waals surface area contributed by atoms with Crippen LogP contribution in [0.4, 0.5) is 17.3 Å². The van der Waals surface area contributed by atoms with Crippen LogP contribution in [0.2, 0.25) is 5.02 Å². The van der Waals surface area contributed by atoms with Crippen molar-refractivity contribution in [2.75, 3.05) is 20.6 Å². The molecule has 10 nitrogen and oxygen atoms in total. The van der Waals surface area contributed by atoms with E-state index in [1.54, 1.807) is 38.1 Å². The molecule has 0 aliphatic heterocycles. The van der Waals surface area contributed by atoms with Gasteiger partial charge in [-0.1, -0.05) is 24.6 Å². The van der Waals surface area contributed by atoms with Gasteiger partial charge in [-0.2, -0.15) is 0 Å². The first-order valence-corrected chi connectivity index (χ1v) is 14.1. The van der Waals surface area contributed by atoms with Gasteiger partial charge in [0.2, 0.25) is 21.9 Å². The lowest BCUT2D eigenvalue weighted by Gasteiger charge is -2.30. The molecule has 3 rings (SSSR count). The molecule has 0 fully saturated rings.